The van der Waals surface area contributed by atoms with Gasteiger partial charge in [-0.05, 0) is 36.6 Å². The number of hydrogen-bond donors (Lipinski definition) is 0. The SMILES string of the molecule is Cc1ccc(F)cc1[C@@H]1CCC(=O)O1. The first-order chi connectivity index (χ1) is 6.66. The zero-order chi connectivity index (χ0) is 10.1. The maximum atomic E-state index is 13.0. The van der Waals surface area contributed by atoms with Crippen LogP contribution in [0.2, 0.25) is 0 Å². The van der Waals surface area contributed by atoms with E-state index in [1.54, 1.807) is 6.07 Å². The lowest BCUT2D eigenvalue weighted by Crippen LogP contribution is -2.01. The van der Waals surface area contributed by atoms with Crippen molar-refractivity contribution in [1.82, 2.24) is 0 Å². The molecule has 0 N–H and O–H groups in total. The predicted molar refractivity (Wildman–Crippen MR) is 49.2 cm³/mol. The van der Waals surface area contributed by atoms with E-state index in [0.717, 1.165) is 11.1 Å². The van der Waals surface area contributed by atoms with Gasteiger partial charge in [-0.2, -0.15) is 0 Å². The van der Waals surface area contributed by atoms with Gasteiger partial charge in [0.2, 0.25) is 0 Å². The summed E-state index contributed by atoms with van der Waals surface area (Å²) in [5, 5.41) is 0. The van der Waals surface area contributed by atoms with Gasteiger partial charge >= 0.3 is 5.97 Å². The lowest BCUT2D eigenvalue weighted by atomic mass is 10.0. The molecule has 1 aromatic rings. The van der Waals surface area contributed by atoms with Gasteiger partial charge in [0.1, 0.15) is 11.9 Å². The van der Waals surface area contributed by atoms with E-state index in [1.807, 2.05) is 6.92 Å². The fourth-order valence-corrected chi connectivity index (χ4v) is 1.70. The summed E-state index contributed by atoms with van der Waals surface area (Å²) in [7, 11) is 0. The maximum Gasteiger partial charge on any atom is 0.306 e. The number of hydrogen-bond acceptors (Lipinski definition) is 2. The molecule has 74 valence electrons. The molecule has 0 spiro atoms. The second-order valence-corrected chi connectivity index (χ2v) is 3.52. The van der Waals surface area contributed by atoms with Crippen molar-refractivity contribution in [3.05, 3.63) is 35.1 Å². The lowest BCUT2D eigenvalue weighted by molar-refractivity contribution is -0.141. The summed E-state index contributed by atoms with van der Waals surface area (Å²) in [6, 6.07) is 4.56. The number of benzene rings is 1. The minimum Gasteiger partial charge on any atom is -0.457 e. The van der Waals surface area contributed by atoms with Crippen LogP contribution in [0, 0.1) is 12.7 Å². The minimum atomic E-state index is -0.284. The number of esters is 1. The van der Waals surface area contributed by atoms with Crippen LogP contribution in [0.3, 0.4) is 0 Å². The van der Waals surface area contributed by atoms with Crippen molar-refractivity contribution in [2.75, 3.05) is 0 Å². The second-order valence-electron chi connectivity index (χ2n) is 3.52. The Bertz CT molecular complexity index is 374. The van der Waals surface area contributed by atoms with Gasteiger partial charge in [-0.25, -0.2) is 4.39 Å². The monoisotopic (exact) mass is 194 g/mol. The quantitative estimate of drug-likeness (QED) is 0.642. The fraction of sp³-hybridized carbons (Fsp3) is 0.364. The van der Waals surface area contributed by atoms with Crippen molar-refractivity contribution < 1.29 is 13.9 Å². The molecule has 1 saturated heterocycles. The largest absolute Gasteiger partial charge is 0.457 e. The summed E-state index contributed by atoms with van der Waals surface area (Å²) in [5.74, 6) is -0.479. The number of aryl methyl sites for hydroxylation is 1. The fourth-order valence-electron chi connectivity index (χ4n) is 1.70. The Morgan fingerprint density at radius 2 is 2.29 bits per heavy atom. The summed E-state index contributed by atoms with van der Waals surface area (Å²) in [5.41, 5.74) is 1.75. The van der Waals surface area contributed by atoms with Crippen LogP contribution >= 0.6 is 0 Å². The van der Waals surface area contributed by atoms with Gasteiger partial charge in [0.25, 0.3) is 0 Å². The van der Waals surface area contributed by atoms with Crippen LogP contribution in [-0.2, 0) is 9.53 Å². The molecule has 1 aliphatic heterocycles. The van der Waals surface area contributed by atoms with Crippen LogP contribution in [0.4, 0.5) is 4.39 Å². The van der Waals surface area contributed by atoms with Crippen LogP contribution in [0.15, 0.2) is 18.2 Å². The molecule has 1 aliphatic rings. The van der Waals surface area contributed by atoms with E-state index in [2.05, 4.69) is 0 Å². The highest BCUT2D eigenvalue weighted by molar-refractivity contribution is 5.71. The third-order valence-corrected chi connectivity index (χ3v) is 2.47. The summed E-state index contributed by atoms with van der Waals surface area (Å²) in [4.78, 5) is 10.9. The normalized spacial score (nSPS) is 21.0. The molecule has 1 heterocycles. The average Bonchev–Trinajstić information content (AvgIpc) is 2.56. The molecule has 0 unspecified atom stereocenters. The molecule has 1 atom stereocenters. The molecule has 0 bridgehead atoms. The van der Waals surface area contributed by atoms with Gasteiger partial charge in [-0.1, -0.05) is 6.07 Å². The number of halogens is 1. The Kier molecular flexibility index (Phi) is 2.23. The van der Waals surface area contributed by atoms with Gasteiger partial charge < -0.3 is 4.74 Å². The van der Waals surface area contributed by atoms with Crippen LogP contribution < -0.4 is 0 Å². The van der Waals surface area contributed by atoms with E-state index < -0.39 is 0 Å². The van der Waals surface area contributed by atoms with Crippen molar-refractivity contribution in [1.29, 1.82) is 0 Å². The first-order valence-electron chi connectivity index (χ1n) is 4.62. The van der Waals surface area contributed by atoms with Crippen molar-refractivity contribution in [2.45, 2.75) is 25.9 Å². The topological polar surface area (TPSA) is 26.3 Å². The number of carbonyl (C=O) groups excluding carboxylic acids is 1. The smallest absolute Gasteiger partial charge is 0.306 e. The van der Waals surface area contributed by atoms with Gasteiger partial charge in [-0.15, -0.1) is 0 Å². The molecule has 0 aromatic heterocycles. The van der Waals surface area contributed by atoms with Crippen molar-refractivity contribution in [2.24, 2.45) is 0 Å². The second kappa shape index (κ2) is 3.40. The summed E-state index contributed by atoms with van der Waals surface area (Å²) < 4.78 is 18.0. The van der Waals surface area contributed by atoms with Crippen molar-refractivity contribution in [3.63, 3.8) is 0 Å². The van der Waals surface area contributed by atoms with Crippen LogP contribution in [-0.4, -0.2) is 5.97 Å². The number of carbonyl (C=O) groups is 1. The van der Waals surface area contributed by atoms with Crippen molar-refractivity contribution in [3.8, 4) is 0 Å². The standard InChI is InChI=1S/C11H11FO2/c1-7-2-3-8(12)6-9(7)10-4-5-11(13)14-10/h2-3,6,10H,4-5H2,1H3/t10-/m0/s1. The predicted octanol–water partition coefficient (Wildman–Crippen LogP) is 2.51. The van der Waals surface area contributed by atoms with Gasteiger partial charge in [0, 0.05) is 6.42 Å². The highest BCUT2D eigenvalue weighted by atomic mass is 19.1. The molecule has 2 nitrogen and oxygen atoms in total. The first kappa shape index (κ1) is 9.19. The molecule has 14 heavy (non-hydrogen) atoms. The Balaban J connectivity index is 2.31. The number of cyclic esters (lactones) is 1. The zero-order valence-corrected chi connectivity index (χ0v) is 7.92. The Labute approximate surface area is 81.7 Å². The molecule has 1 aromatic carbocycles. The molecular formula is C11H11FO2. The molecule has 0 amide bonds. The van der Waals surface area contributed by atoms with E-state index >= 15 is 0 Å². The number of rotatable bonds is 1. The van der Waals surface area contributed by atoms with Crippen LogP contribution in [0.1, 0.15) is 30.1 Å². The third-order valence-electron chi connectivity index (χ3n) is 2.47. The van der Waals surface area contributed by atoms with E-state index in [0.29, 0.717) is 12.8 Å². The number of ether oxygens (including phenoxy) is 1. The average molecular weight is 194 g/mol. The Morgan fingerprint density at radius 1 is 1.50 bits per heavy atom. The van der Waals surface area contributed by atoms with Crippen LogP contribution in [0.5, 0.6) is 0 Å². The van der Waals surface area contributed by atoms with E-state index in [-0.39, 0.29) is 17.9 Å². The molecule has 1 fully saturated rings. The highest BCUT2D eigenvalue weighted by Gasteiger charge is 2.26. The summed E-state index contributed by atoms with van der Waals surface area (Å²) in [6.07, 6.45) is 0.835. The lowest BCUT2D eigenvalue weighted by Gasteiger charge is -2.12. The zero-order valence-electron chi connectivity index (χ0n) is 7.92. The minimum absolute atomic E-state index is 0.196. The van der Waals surface area contributed by atoms with Gasteiger partial charge in [0.05, 0.1) is 0 Å². The molecule has 0 aliphatic carbocycles. The molecule has 0 saturated carbocycles. The highest BCUT2D eigenvalue weighted by Crippen LogP contribution is 2.31. The molecule has 3 heteroatoms. The first-order valence-corrected chi connectivity index (χ1v) is 4.62. The van der Waals surface area contributed by atoms with E-state index in [1.165, 1.54) is 12.1 Å². The van der Waals surface area contributed by atoms with E-state index in [9.17, 15) is 9.18 Å². The van der Waals surface area contributed by atoms with Crippen LogP contribution in [0.25, 0.3) is 0 Å². The van der Waals surface area contributed by atoms with Gasteiger partial charge in [-0.3, -0.25) is 4.79 Å². The molecule has 0 radical (unpaired) electrons. The summed E-state index contributed by atoms with van der Waals surface area (Å²) in [6.45, 7) is 1.89. The Hall–Kier alpha value is -1.38. The molecule has 2 rings (SSSR count). The van der Waals surface area contributed by atoms with Crippen molar-refractivity contribution >= 4 is 5.97 Å². The third kappa shape index (κ3) is 1.62. The molecular weight excluding hydrogens is 183 g/mol. The van der Waals surface area contributed by atoms with Gasteiger partial charge in [0.15, 0.2) is 0 Å². The van der Waals surface area contributed by atoms with E-state index in [4.69, 9.17) is 4.74 Å². The maximum absolute atomic E-state index is 13.0. The Morgan fingerprint density at radius 3 is 2.93 bits per heavy atom. The summed E-state index contributed by atoms with van der Waals surface area (Å²) >= 11 is 0.